The summed E-state index contributed by atoms with van der Waals surface area (Å²) >= 11 is 0. The van der Waals surface area contributed by atoms with Crippen LogP contribution in [0.15, 0.2) is 18.2 Å². The number of halogens is 1. The molecule has 0 bridgehead atoms. The molecule has 2 aliphatic rings. The van der Waals surface area contributed by atoms with E-state index in [1.165, 1.54) is 32.1 Å². The molecule has 1 aromatic carbocycles. The Morgan fingerprint density at radius 2 is 1.81 bits per heavy atom. The first-order valence-electron chi connectivity index (χ1n) is 8.46. The first-order valence-corrected chi connectivity index (χ1v) is 8.46. The van der Waals surface area contributed by atoms with Crippen molar-refractivity contribution in [2.24, 2.45) is 5.92 Å². The molecule has 0 unspecified atom stereocenters. The highest BCUT2D eigenvalue weighted by molar-refractivity contribution is 5.32. The van der Waals surface area contributed by atoms with Gasteiger partial charge in [0, 0.05) is 0 Å². The van der Waals surface area contributed by atoms with Crippen LogP contribution in [-0.2, 0) is 0 Å². The summed E-state index contributed by atoms with van der Waals surface area (Å²) in [6.07, 6.45) is 8.62. The standard InChI is InChI=1S/C18H26FNO/c19-18-7-6-16(21-13-14-4-2-1-3-5-14)12-17(18)15-8-10-20-11-9-15/h6-7,12,14-15,20H,1-5,8-11,13H2. The lowest BCUT2D eigenvalue weighted by atomic mass is 9.89. The van der Waals surface area contributed by atoms with Crippen molar-refractivity contribution in [3.8, 4) is 5.75 Å². The van der Waals surface area contributed by atoms with Crippen molar-refractivity contribution in [1.82, 2.24) is 5.32 Å². The van der Waals surface area contributed by atoms with Gasteiger partial charge in [-0.2, -0.15) is 0 Å². The molecule has 3 rings (SSSR count). The Morgan fingerprint density at radius 1 is 1.05 bits per heavy atom. The highest BCUT2D eigenvalue weighted by Gasteiger charge is 2.20. The molecule has 0 spiro atoms. The lowest BCUT2D eigenvalue weighted by Gasteiger charge is -2.24. The average Bonchev–Trinajstić information content (AvgIpc) is 2.56. The molecule has 1 saturated heterocycles. The fourth-order valence-electron chi connectivity index (χ4n) is 3.63. The normalized spacial score (nSPS) is 21.4. The highest BCUT2D eigenvalue weighted by Crippen LogP contribution is 2.31. The second-order valence-corrected chi connectivity index (χ2v) is 6.52. The van der Waals surface area contributed by atoms with Crippen molar-refractivity contribution >= 4 is 0 Å². The Bertz CT molecular complexity index is 451. The number of piperidine rings is 1. The van der Waals surface area contributed by atoms with Crippen LogP contribution in [0.5, 0.6) is 5.75 Å². The molecule has 21 heavy (non-hydrogen) atoms. The third-order valence-electron chi connectivity index (χ3n) is 4.96. The van der Waals surface area contributed by atoms with E-state index in [2.05, 4.69) is 5.32 Å². The molecule has 0 aromatic heterocycles. The quantitative estimate of drug-likeness (QED) is 0.895. The van der Waals surface area contributed by atoms with Crippen LogP contribution in [0.1, 0.15) is 56.4 Å². The minimum Gasteiger partial charge on any atom is -0.493 e. The summed E-state index contributed by atoms with van der Waals surface area (Å²) in [6, 6.07) is 5.30. The molecular weight excluding hydrogens is 265 g/mol. The monoisotopic (exact) mass is 291 g/mol. The molecule has 1 saturated carbocycles. The molecule has 0 radical (unpaired) electrons. The van der Waals surface area contributed by atoms with Gasteiger partial charge in [-0.05, 0) is 74.4 Å². The van der Waals surface area contributed by atoms with Crippen LogP contribution in [-0.4, -0.2) is 19.7 Å². The van der Waals surface area contributed by atoms with Gasteiger partial charge in [-0.3, -0.25) is 0 Å². The van der Waals surface area contributed by atoms with E-state index in [1.54, 1.807) is 12.1 Å². The molecule has 2 nitrogen and oxygen atoms in total. The average molecular weight is 291 g/mol. The zero-order valence-electron chi connectivity index (χ0n) is 12.7. The van der Waals surface area contributed by atoms with Crippen molar-refractivity contribution in [1.29, 1.82) is 0 Å². The van der Waals surface area contributed by atoms with E-state index < -0.39 is 0 Å². The topological polar surface area (TPSA) is 21.3 Å². The van der Waals surface area contributed by atoms with E-state index in [0.29, 0.717) is 11.8 Å². The third kappa shape index (κ3) is 3.97. The zero-order valence-corrected chi connectivity index (χ0v) is 12.7. The Morgan fingerprint density at radius 3 is 2.57 bits per heavy atom. The van der Waals surface area contributed by atoms with Crippen LogP contribution in [0, 0.1) is 11.7 Å². The predicted molar refractivity (Wildman–Crippen MR) is 83.3 cm³/mol. The van der Waals surface area contributed by atoms with E-state index in [0.717, 1.165) is 43.9 Å². The van der Waals surface area contributed by atoms with E-state index >= 15 is 0 Å². The van der Waals surface area contributed by atoms with E-state index in [1.807, 2.05) is 6.07 Å². The highest BCUT2D eigenvalue weighted by atomic mass is 19.1. The first-order chi connectivity index (χ1) is 10.3. The van der Waals surface area contributed by atoms with Gasteiger partial charge in [0.15, 0.2) is 0 Å². The van der Waals surface area contributed by atoms with Gasteiger partial charge in [0.25, 0.3) is 0 Å². The summed E-state index contributed by atoms with van der Waals surface area (Å²) in [5.74, 6) is 1.79. The molecule has 1 aromatic rings. The number of nitrogens with one attached hydrogen (secondary N) is 1. The number of rotatable bonds is 4. The molecular formula is C18H26FNO. The van der Waals surface area contributed by atoms with Gasteiger partial charge in [-0.1, -0.05) is 19.3 Å². The Balaban J connectivity index is 1.62. The minimum absolute atomic E-state index is 0.0769. The lowest BCUT2D eigenvalue weighted by Crippen LogP contribution is -2.27. The van der Waals surface area contributed by atoms with Crippen molar-refractivity contribution in [3.63, 3.8) is 0 Å². The maximum Gasteiger partial charge on any atom is 0.126 e. The molecule has 1 aliphatic heterocycles. The number of hydrogen-bond acceptors (Lipinski definition) is 2. The van der Waals surface area contributed by atoms with Crippen molar-refractivity contribution in [3.05, 3.63) is 29.6 Å². The summed E-state index contributed by atoms with van der Waals surface area (Å²) in [5, 5.41) is 3.33. The van der Waals surface area contributed by atoms with Crippen LogP contribution in [0.4, 0.5) is 4.39 Å². The van der Waals surface area contributed by atoms with E-state index in [-0.39, 0.29) is 5.82 Å². The molecule has 1 heterocycles. The molecule has 2 fully saturated rings. The molecule has 116 valence electrons. The second-order valence-electron chi connectivity index (χ2n) is 6.52. The van der Waals surface area contributed by atoms with Crippen molar-refractivity contribution in [2.75, 3.05) is 19.7 Å². The van der Waals surface area contributed by atoms with Crippen LogP contribution in [0.2, 0.25) is 0 Å². The summed E-state index contributed by atoms with van der Waals surface area (Å²) in [5.41, 5.74) is 0.845. The number of hydrogen-bond donors (Lipinski definition) is 1. The summed E-state index contributed by atoms with van der Waals surface area (Å²) in [7, 11) is 0. The number of ether oxygens (including phenoxy) is 1. The maximum atomic E-state index is 14.1. The second kappa shape index (κ2) is 7.26. The third-order valence-corrected chi connectivity index (χ3v) is 4.96. The molecule has 0 atom stereocenters. The molecule has 1 aliphatic carbocycles. The van der Waals surface area contributed by atoms with Gasteiger partial charge in [0.2, 0.25) is 0 Å². The van der Waals surface area contributed by atoms with Crippen LogP contribution in [0.25, 0.3) is 0 Å². The van der Waals surface area contributed by atoms with E-state index in [9.17, 15) is 4.39 Å². The van der Waals surface area contributed by atoms with Gasteiger partial charge in [0.1, 0.15) is 11.6 Å². The van der Waals surface area contributed by atoms with Gasteiger partial charge in [-0.25, -0.2) is 4.39 Å². The van der Waals surface area contributed by atoms with Crippen LogP contribution < -0.4 is 10.1 Å². The smallest absolute Gasteiger partial charge is 0.126 e. The summed E-state index contributed by atoms with van der Waals surface area (Å²) in [4.78, 5) is 0. The largest absolute Gasteiger partial charge is 0.493 e. The van der Waals surface area contributed by atoms with Gasteiger partial charge in [0.05, 0.1) is 6.61 Å². The van der Waals surface area contributed by atoms with Crippen molar-refractivity contribution < 1.29 is 9.13 Å². The summed E-state index contributed by atoms with van der Waals surface area (Å²) in [6.45, 7) is 2.76. The van der Waals surface area contributed by atoms with Crippen LogP contribution >= 0.6 is 0 Å². The molecule has 3 heteroatoms. The lowest BCUT2D eigenvalue weighted by molar-refractivity contribution is 0.208. The zero-order chi connectivity index (χ0) is 14.5. The Kier molecular flexibility index (Phi) is 5.13. The molecule has 1 N–H and O–H groups in total. The summed E-state index contributed by atoms with van der Waals surface area (Å²) < 4.78 is 20.0. The van der Waals surface area contributed by atoms with Crippen LogP contribution in [0.3, 0.4) is 0 Å². The van der Waals surface area contributed by atoms with Crippen molar-refractivity contribution in [2.45, 2.75) is 50.9 Å². The SMILES string of the molecule is Fc1ccc(OCC2CCCCC2)cc1C1CCNCC1. The van der Waals surface area contributed by atoms with Gasteiger partial charge < -0.3 is 10.1 Å². The maximum absolute atomic E-state index is 14.1. The fourth-order valence-corrected chi connectivity index (χ4v) is 3.63. The minimum atomic E-state index is -0.0769. The predicted octanol–water partition coefficient (Wildman–Crippen LogP) is 4.25. The van der Waals surface area contributed by atoms with E-state index in [4.69, 9.17) is 4.74 Å². The Labute approximate surface area is 127 Å². The first kappa shape index (κ1) is 14.8. The molecule has 0 amide bonds. The number of benzene rings is 1. The van der Waals surface area contributed by atoms with Gasteiger partial charge >= 0.3 is 0 Å². The van der Waals surface area contributed by atoms with Gasteiger partial charge in [-0.15, -0.1) is 0 Å². The Hall–Kier alpha value is -1.09. The fraction of sp³-hybridized carbons (Fsp3) is 0.667.